The maximum atomic E-state index is 12.0. The van der Waals surface area contributed by atoms with Gasteiger partial charge in [0, 0.05) is 26.2 Å². The number of benzene rings is 1. The van der Waals surface area contributed by atoms with Crippen LogP contribution in [0.3, 0.4) is 0 Å². The number of likely N-dealkylation sites (tertiary alicyclic amines) is 1. The minimum atomic E-state index is -3.08. The summed E-state index contributed by atoms with van der Waals surface area (Å²) >= 11 is 0. The maximum absolute atomic E-state index is 12.0. The number of sulfonamides is 1. The van der Waals surface area contributed by atoms with Gasteiger partial charge in [-0.25, -0.2) is 17.5 Å². The third kappa shape index (κ3) is 7.10. The molecule has 0 unspecified atom stereocenters. The molecule has 0 N–H and O–H groups in total. The van der Waals surface area contributed by atoms with Crippen molar-refractivity contribution in [1.29, 1.82) is 0 Å². The molecule has 2 fully saturated rings. The Morgan fingerprint density at radius 1 is 1.03 bits per heavy atom. The minimum Gasteiger partial charge on any atom is -0.494 e. The number of carbonyl (C=O) groups excluding carboxylic acids is 1. The SMILES string of the molecule is CC(C)OC(=O)N1CCC(CCOc2ccc(C3CCN(S(C)(=O)=O)CC3)cc2)CC1. The Bertz CT molecular complexity index is 809. The van der Waals surface area contributed by atoms with Gasteiger partial charge in [-0.1, -0.05) is 12.1 Å². The highest BCUT2D eigenvalue weighted by Crippen LogP contribution is 2.30. The van der Waals surface area contributed by atoms with Gasteiger partial charge in [0.15, 0.2) is 0 Å². The van der Waals surface area contributed by atoms with Crippen LogP contribution < -0.4 is 4.74 Å². The van der Waals surface area contributed by atoms with Gasteiger partial charge in [-0.05, 0) is 75.5 Å². The third-order valence-electron chi connectivity index (χ3n) is 6.28. The molecule has 0 radical (unpaired) electrons. The molecule has 31 heavy (non-hydrogen) atoms. The molecule has 2 saturated heterocycles. The highest BCUT2D eigenvalue weighted by Gasteiger charge is 2.26. The van der Waals surface area contributed by atoms with E-state index in [1.807, 2.05) is 26.0 Å². The van der Waals surface area contributed by atoms with E-state index in [0.717, 1.165) is 50.9 Å². The predicted octanol–water partition coefficient (Wildman–Crippen LogP) is 3.85. The first-order valence-corrected chi connectivity index (χ1v) is 13.2. The molecule has 3 rings (SSSR count). The van der Waals surface area contributed by atoms with Gasteiger partial charge in [0.1, 0.15) is 5.75 Å². The van der Waals surface area contributed by atoms with Gasteiger partial charge < -0.3 is 14.4 Å². The van der Waals surface area contributed by atoms with Crippen molar-refractivity contribution in [1.82, 2.24) is 9.21 Å². The first-order chi connectivity index (χ1) is 14.7. The van der Waals surface area contributed by atoms with Crippen LogP contribution in [0, 0.1) is 5.92 Å². The van der Waals surface area contributed by atoms with Gasteiger partial charge in [-0.15, -0.1) is 0 Å². The highest BCUT2D eigenvalue weighted by molar-refractivity contribution is 7.88. The van der Waals surface area contributed by atoms with E-state index in [1.165, 1.54) is 11.8 Å². The molecule has 1 aromatic carbocycles. The second-order valence-corrected chi connectivity index (χ2v) is 11.0. The zero-order valence-corrected chi connectivity index (χ0v) is 19.8. The number of ether oxygens (including phenoxy) is 2. The Balaban J connectivity index is 1.36. The Kier molecular flexibility index (Phi) is 8.22. The Labute approximate surface area is 186 Å². The molecule has 2 aliphatic rings. The summed E-state index contributed by atoms with van der Waals surface area (Å²) in [6.07, 6.45) is 5.68. The van der Waals surface area contributed by atoms with E-state index < -0.39 is 10.0 Å². The number of hydrogen-bond donors (Lipinski definition) is 0. The largest absolute Gasteiger partial charge is 0.494 e. The minimum absolute atomic E-state index is 0.0784. The van der Waals surface area contributed by atoms with E-state index in [0.29, 0.717) is 31.5 Å². The molecule has 8 heteroatoms. The molecule has 2 heterocycles. The van der Waals surface area contributed by atoms with Crippen LogP contribution in [-0.4, -0.2) is 68.9 Å². The van der Waals surface area contributed by atoms with Crippen LogP contribution in [0.25, 0.3) is 0 Å². The van der Waals surface area contributed by atoms with Crippen molar-refractivity contribution in [2.45, 2.75) is 58.0 Å². The van der Waals surface area contributed by atoms with Crippen molar-refractivity contribution in [3.63, 3.8) is 0 Å². The molecule has 1 amide bonds. The first-order valence-electron chi connectivity index (χ1n) is 11.4. The number of carbonyl (C=O) groups is 1. The van der Waals surface area contributed by atoms with E-state index >= 15 is 0 Å². The summed E-state index contributed by atoms with van der Waals surface area (Å²) in [5.74, 6) is 1.84. The molecule has 2 aliphatic heterocycles. The second kappa shape index (κ2) is 10.7. The summed E-state index contributed by atoms with van der Waals surface area (Å²) in [4.78, 5) is 13.8. The summed E-state index contributed by atoms with van der Waals surface area (Å²) in [7, 11) is -3.08. The molecule has 0 atom stereocenters. The van der Waals surface area contributed by atoms with Crippen LogP contribution in [0.1, 0.15) is 57.4 Å². The van der Waals surface area contributed by atoms with Crippen molar-refractivity contribution in [3.8, 4) is 5.75 Å². The van der Waals surface area contributed by atoms with Gasteiger partial charge >= 0.3 is 6.09 Å². The zero-order chi connectivity index (χ0) is 22.4. The smallest absolute Gasteiger partial charge is 0.410 e. The first kappa shape index (κ1) is 23.9. The van der Waals surface area contributed by atoms with Crippen LogP contribution in [0.15, 0.2) is 24.3 Å². The molecule has 0 bridgehead atoms. The average molecular weight is 453 g/mol. The van der Waals surface area contributed by atoms with Crippen molar-refractivity contribution in [2.24, 2.45) is 5.92 Å². The fourth-order valence-electron chi connectivity index (χ4n) is 4.38. The molecule has 0 aromatic heterocycles. The van der Waals surface area contributed by atoms with E-state index in [9.17, 15) is 13.2 Å². The lowest BCUT2D eigenvalue weighted by molar-refractivity contribution is 0.0637. The number of rotatable bonds is 7. The van der Waals surface area contributed by atoms with Crippen LogP contribution in [0.5, 0.6) is 5.75 Å². The van der Waals surface area contributed by atoms with Crippen molar-refractivity contribution >= 4 is 16.1 Å². The van der Waals surface area contributed by atoms with Crippen LogP contribution in [0.2, 0.25) is 0 Å². The summed E-state index contributed by atoms with van der Waals surface area (Å²) in [5, 5.41) is 0. The summed E-state index contributed by atoms with van der Waals surface area (Å²) in [5.41, 5.74) is 1.25. The van der Waals surface area contributed by atoms with Gasteiger partial charge in [0.25, 0.3) is 0 Å². The molecule has 174 valence electrons. The van der Waals surface area contributed by atoms with E-state index in [1.54, 1.807) is 9.21 Å². The summed E-state index contributed by atoms with van der Waals surface area (Å²) in [6.45, 7) is 7.11. The fraction of sp³-hybridized carbons (Fsp3) is 0.696. The standard InChI is InChI=1S/C23H36N2O5S/c1-18(2)30-23(26)24-13-8-19(9-14-24)12-17-29-22-6-4-20(5-7-22)21-10-15-25(16-11-21)31(3,27)28/h4-7,18-19,21H,8-17H2,1-3H3. The molecule has 7 nitrogen and oxygen atoms in total. The van der Waals surface area contributed by atoms with Crippen molar-refractivity contribution in [3.05, 3.63) is 29.8 Å². The molecule has 0 aliphatic carbocycles. The quantitative estimate of drug-likeness (QED) is 0.628. The Hall–Kier alpha value is -1.80. The monoisotopic (exact) mass is 452 g/mol. The summed E-state index contributed by atoms with van der Waals surface area (Å²) in [6, 6.07) is 8.25. The lowest BCUT2D eigenvalue weighted by atomic mass is 9.90. The molecule has 0 spiro atoms. The number of nitrogens with zero attached hydrogens (tertiary/aromatic N) is 2. The highest BCUT2D eigenvalue weighted by atomic mass is 32.2. The van der Waals surface area contributed by atoms with Gasteiger partial charge in [0.05, 0.1) is 19.0 Å². The van der Waals surface area contributed by atoms with E-state index in [4.69, 9.17) is 9.47 Å². The molecular formula is C23H36N2O5S. The second-order valence-electron chi connectivity index (χ2n) is 9.01. The van der Waals surface area contributed by atoms with Crippen LogP contribution >= 0.6 is 0 Å². The van der Waals surface area contributed by atoms with Crippen LogP contribution in [-0.2, 0) is 14.8 Å². The predicted molar refractivity (Wildman–Crippen MR) is 121 cm³/mol. The van der Waals surface area contributed by atoms with E-state index in [-0.39, 0.29) is 12.2 Å². The average Bonchev–Trinajstić information content (AvgIpc) is 2.74. The lowest BCUT2D eigenvalue weighted by Gasteiger charge is -2.31. The fourth-order valence-corrected chi connectivity index (χ4v) is 5.25. The Morgan fingerprint density at radius 3 is 2.19 bits per heavy atom. The van der Waals surface area contributed by atoms with Gasteiger partial charge in [0.2, 0.25) is 10.0 Å². The zero-order valence-electron chi connectivity index (χ0n) is 19.0. The lowest BCUT2D eigenvalue weighted by Crippen LogP contribution is -2.39. The van der Waals surface area contributed by atoms with Crippen LogP contribution in [0.4, 0.5) is 4.79 Å². The Morgan fingerprint density at radius 2 is 1.65 bits per heavy atom. The molecule has 0 saturated carbocycles. The van der Waals surface area contributed by atoms with Crippen molar-refractivity contribution < 1.29 is 22.7 Å². The van der Waals surface area contributed by atoms with Gasteiger partial charge in [-0.2, -0.15) is 0 Å². The van der Waals surface area contributed by atoms with E-state index in [2.05, 4.69) is 12.1 Å². The summed E-state index contributed by atoms with van der Waals surface area (Å²) < 4.78 is 36.1. The topological polar surface area (TPSA) is 76.2 Å². The van der Waals surface area contributed by atoms with Gasteiger partial charge in [-0.3, -0.25) is 0 Å². The maximum Gasteiger partial charge on any atom is 0.410 e. The number of piperidine rings is 2. The third-order valence-corrected chi connectivity index (χ3v) is 7.58. The molecular weight excluding hydrogens is 416 g/mol. The van der Waals surface area contributed by atoms with Crippen molar-refractivity contribution in [2.75, 3.05) is 39.0 Å². The molecule has 1 aromatic rings. The number of hydrogen-bond acceptors (Lipinski definition) is 5. The number of amides is 1. The normalized spacial score (nSPS) is 19.5.